The largest absolute Gasteiger partial charge is 0.467 e. The van der Waals surface area contributed by atoms with Crippen molar-refractivity contribution in [3.05, 3.63) is 48.0 Å². The quantitative estimate of drug-likeness (QED) is 0.555. The van der Waals surface area contributed by atoms with E-state index in [1.54, 1.807) is 16.7 Å². The minimum Gasteiger partial charge on any atom is -0.467 e. The van der Waals surface area contributed by atoms with Gasteiger partial charge in [-0.25, -0.2) is 4.79 Å². The van der Waals surface area contributed by atoms with Gasteiger partial charge in [-0.2, -0.15) is 0 Å². The molecule has 2 aromatic carbocycles. The van der Waals surface area contributed by atoms with Crippen molar-refractivity contribution >= 4 is 34.4 Å². The standard InChI is InChI=1S/C21H25NO3S/c1-3-4-5-10-19-22(18(14-26-19)21(24)25-2)20(23)17-12-11-15-8-6-7-9-16(15)13-17/h6-9,11-13,18-19H,3-5,10,14H2,1-2H3. The Labute approximate surface area is 158 Å². The molecule has 5 heteroatoms. The number of benzene rings is 2. The summed E-state index contributed by atoms with van der Waals surface area (Å²) < 4.78 is 4.95. The summed E-state index contributed by atoms with van der Waals surface area (Å²) in [5, 5.41) is 2.16. The van der Waals surface area contributed by atoms with Crippen LogP contribution < -0.4 is 0 Å². The Balaban J connectivity index is 1.88. The Morgan fingerprint density at radius 1 is 1.15 bits per heavy atom. The molecule has 2 aromatic rings. The van der Waals surface area contributed by atoms with Crippen LogP contribution in [0.1, 0.15) is 43.0 Å². The first kappa shape index (κ1) is 18.8. The van der Waals surface area contributed by atoms with Crippen LogP contribution in [0.3, 0.4) is 0 Å². The van der Waals surface area contributed by atoms with E-state index in [4.69, 9.17) is 4.74 Å². The molecule has 2 unspecified atom stereocenters. The van der Waals surface area contributed by atoms with Gasteiger partial charge < -0.3 is 9.64 Å². The van der Waals surface area contributed by atoms with Gasteiger partial charge in [0, 0.05) is 11.3 Å². The van der Waals surface area contributed by atoms with E-state index < -0.39 is 6.04 Å². The van der Waals surface area contributed by atoms with Gasteiger partial charge in [0.1, 0.15) is 6.04 Å². The molecule has 1 fully saturated rings. The number of esters is 1. The fourth-order valence-electron chi connectivity index (χ4n) is 3.42. The van der Waals surface area contributed by atoms with Crippen molar-refractivity contribution in [3.8, 4) is 0 Å². The number of ether oxygens (including phenoxy) is 1. The van der Waals surface area contributed by atoms with Crippen LogP contribution in [-0.2, 0) is 9.53 Å². The number of carbonyl (C=O) groups excluding carboxylic acids is 2. The molecule has 0 aliphatic carbocycles. The first-order valence-electron chi connectivity index (χ1n) is 9.16. The molecule has 26 heavy (non-hydrogen) atoms. The van der Waals surface area contributed by atoms with Gasteiger partial charge in [-0.3, -0.25) is 4.79 Å². The highest BCUT2D eigenvalue weighted by Gasteiger charge is 2.42. The molecule has 0 N–H and O–H groups in total. The van der Waals surface area contributed by atoms with Crippen molar-refractivity contribution in [1.29, 1.82) is 0 Å². The predicted octanol–water partition coefficient (Wildman–Crippen LogP) is 4.48. The number of hydrogen-bond acceptors (Lipinski definition) is 4. The number of fused-ring (bicyclic) bond motifs is 1. The monoisotopic (exact) mass is 371 g/mol. The number of amides is 1. The highest BCUT2D eigenvalue weighted by Crippen LogP contribution is 2.34. The van der Waals surface area contributed by atoms with Crippen LogP contribution in [-0.4, -0.2) is 41.1 Å². The van der Waals surface area contributed by atoms with Crippen LogP contribution in [0.15, 0.2) is 42.5 Å². The van der Waals surface area contributed by atoms with Crippen molar-refractivity contribution in [1.82, 2.24) is 4.90 Å². The molecule has 1 amide bonds. The molecule has 1 aliphatic heterocycles. The number of nitrogens with zero attached hydrogens (tertiary/aromatic N) is 1. The van der Waals surface area contributed by atoms with E-state index >= 15 is 0 Å². The molecule has 1 heterocycles. The summed E-state index contributed by atoms with van der Waals surface area (Å²) in [5.74, 6) is 0.185. The molecule has 0 bridgehead atoms. The number of unbranched alkanes of at least 4 members (excludes halogenated alkanes) is 2. The fourth-order valence-corrected chi connectivity index (χ4v) is 4.85. The number of carbonyl (C=O) groups is 2. The maximum Gasteiger partial charge on any atom is 0.329 e. The van der Waals surface area contributed by atoms with Gasteiger partial charge in [-0.05, 0) is 29.3 Å². The average molecular weight is 372 g/mol. The first-order chi connectivity index (χ1) is 12.7. The second kappa shape index (κ2) is 8.58. The summed E-state index contributed by atoms with van der Waals surface area (Å²) in [5.41, 5.74) is 0.626. The lowest BCUT2D eigenvalue weighted by Gasteiger charge is -2.28. The highest BCUT2D eigenvalue weighted by molar-refractivity contribution is 8.00. The van der Waals surface area contributed by atoms with E-state index in [1.165, 1.54) is 7.11 Å². The third-order valence-corrected chi connectivity index (χ3v) is 6.21. The lowest BCUT2D eigenvalue weighted by Crippen LogP contribution is -2.46. The third-order valence-electron chi connectivity index (χ3n) is 4.85. The molecule has 0 spiro atoms. The van der Waals surface area contributed by atoms with E-state index in [1.807, 2.05) is 42.5 Å². The van der Waals surface area contributed by atoms with Gasteiger partial charge in [-0.15, -0.1) is 11.8 Å². The van der Waals surface area contributed by atoms with Crippen molar-refractivity contribution in [3.63, 3.8) is 0 Å². The molecule has 0 aromatic heterocycles. The average Bonchev–Trinajstić information content (AvgIpc) is 3.10. The van der Waals surface area contributed by atoms with Gasteiger partial charge in [0.2, 0.25) is 0 Å². The summed E-state index contributed by atoms with van der Waals surface area (Å²) in [6, 6.07) is 13.2. The van der Waals surface area contributed by atoms with Crippen molar-refractivity contribution in [2.75, 3.05) is 12.9 Å². The van der Waals surface area contributed by atoms with E-state index in [0.717, 1.165) is 36.5 Å². The molecule has 1 aliphatic rings. The van der Waals surface area contributed by atoms with Gasteiger partial charge in [0.15, 0.2) is 0 Å². The van der Waals surface area contributed by atoms with Crippen LogP contribution in [0.25, 0.3) is 10.8 Å². The van der Waals surface area contributed by atoms with Crippen LogP contribution in [0, 0.1) is 0 Å². The molecule has 1 saturated heterocycles. The van der Waals surface area contributed by atoms with Gasteiger partial charge in [-0.1, -0.05) is 56.5 Å². The zero-order valence-corrected chi connectivity index (χ0v) is 16.1. The van der Waals surface area contributed by atoms with Gasteiger partial charge in [0.05, 0.1) is 12.5 Å². The number of methoxy groups -OCH3 is 1. The summed E-state index contributed by atoms with van der Waals surface area (Å²) in [6.07, 6.45) is 4.24. The smallest absolute Gasteiger partial charge is 0.329 e. The Morgan fingerprint density at radius 2 is 1.92 bits per heavy atom. The molecular weight excluding hydrogens is 346 g/mol. The Morgan fingerprint density at radius 3 is 2.65 bits per heavy atom. The van der Waals surface area contributed by atoms with E-state index in [2.05, 4.69) is 6.92 Å². The lowest BCUT2D eigenvalue weighted by molar-refractivity contribution is -0.145. The topological polar surface area (TPSA) is 46.6 Å². The van der Waals surface area contributed by atoms with Crippen LogP contribution in [0.5, 0.6) is 0 Å². The van der Waals surface area contributed by atoms with E-state index in [0.29, 0.717) is 11.3 Å². The van der Waals surface area contributed by atoms with E-state index in [9.17, 15) is 9.59 Å². The van der Waals surface area contributed by atoms with Crippen molar-refractivity contribution < 1.29 is 14.3 Å². The molecular formula is C21H25NO3S. The van der Waals surface area contributed by atoms with Crippen LogP contribution >= 0.6 is 11.8 Å². The summed E-state index contributed by atoms with van der Waals surface area (Å²) in [6.45, 7) is 2.16. The minimum absolute atomic E-state index is 0.0321. The van der Waals surface area contributed by atoms with Crippen LogP contribution in [0.4, 0.5) is 0 Å². The summed E-state index contributed by atoms with van der Waals surface area (Å²) in [7, 11) is 1.39. The summed E-state index contributed by atoms with van der Waals surface area (Å²) >= 11 is 1.68. The number of rotatable bonds is 6. The van der Waals surface area contributed by atoms with Gasteiger partial charge in [0.25, 0.3) is 5.91 Å². The Hall–Kier alpha value is -2.01. The molecule has 4 nitrogen and oxygen atoms in total. The normalized spacial score (nSPS) is 19.7. The second-order valence-electron chi connectivity index (χ2n) is 6.60. The molecule has 2 atom stereocenters. The van der Waals surface area contributed by atoms with Crippen LogP contribution in [0.2, 0.25) is 0 Å². The maximum absolute atomic E-state index is 13.3. The molecule has 0 saturated carbocycles. The van der Waals surface area contributed by atoms with Gasteiger partial charge >= 0.3 is 5.97 Å². The zero-order chi connectivity index (χ0) is 18.5. The molecule has 138 valence electrons. The zero-order valence-electron chi connectivity index (χ0n) is 15.3. The van der Waals surface area contributed by atoms with E-state index in [-0.39, 0.29) is 17.3 Å². The third kappa shape index (κ3) is 3.88. The first-order valence-corrected chi connectivity index (χ1v) is 10.2. The Bertz CT molecular complexity index is 792. The minimum atomic E-state index is -0.504. The number of thioether (sulfide) groups is 1. The molecule has 3 rings (SSSR count). The Kier molecular flexibility index (Phi) is 6.20. The summed E-state index contributed by atoms with van der Waals surface area (Å²) in [4.78, 5) is 27.2. The number of hydrogen-bond donors (Lipinski definition) is 0. The second-order valence-corrected chi connectivity index (χ2v) is 7.81. The predicted molar refractivity (Wildman–Crippen MR) is 106 cm³/mol. The van der Waals surface area contributed by atoms with Crippen molar-refractivity contribution in [2.45, 2.75) is 44.0 Å². The maximum atomic E-state index is 13.3. The SMILES string of the molecule is CCCCCC1SCC(C(=O)OC)N1C(=O)c1ccc2ccccc2c1. The highest BCUT2D eigenvalue weighted by atomic mass is 32.2. The van der Waals surface area contributed by atoms with Crippen molar-refractivity contribution in [2.24, 2.45) is 0 Å². The molecule has 0 radical (unpaired) electrons. The lowest BCUT2D eigenvalue weighted by atomic mass is 10.1. The fraction of sp³-hybridized carbons (Fsp3) is 0.429.